The number of hydrogen-bond donors (Lipinski definition) is 0. The molecule has 3 rings (SSSR count). The lowest BCUT2D eigenvalue weighted by Crippen LogP contribution is -2.01. The summed E-state index contributed by atoms with van der Waals surface area (Å²) in [7, 11) is 0. The molecule has 1 heterocycles. The second-order valence-corrected chi connectivity index (χ2v) is 7.10. The minimum absolute atomic E-state index is 0.551. The van der Waals surface area contributed by atoms with Crippen LogP contribution >= 0.6 is 58.2 Å². The molecule has 0 N–H and O–H groups in total. The van der Waals surface area contributed by atoms with Gasteiger partial charge >= 0.3 is 0 Å². The van der Waals surface area contributed by atoms with E-state index in [-0.39, 0.29) is 0 Å². The second-order valence-electron chi connectivity index (χ2n) is 4.45. The van der Waals surface area contributed by atoms with Gasteiger partial charge in [-0.2, -0.15) is 0 Å². The van der Waals surface area contributed by atoms with Gasteiger partial charge in [-0.3, -0.25) is 0 Å². The highest BCUT2D eigenvalue weighted by Crippen LogP contribution is 2.56. The number of hydrogen-bond acceptors (Lipinski definition) is 2. The highest BCUT2D eigenvalue weighted by molar-refractivity contribution is 7.99. The van der Waals surface area contributed by atoms with Gasteiger partial charge in [0.25, 0.3) is 0 Å². The maximum Gasteiger partial charge on any atom is 0.147 e. The topological polar surface area (TPSA) is 9.23 Å². The van der Waals surface area contributed by atoms with Crippen LogP contribution in [-0.4, -0.2) is 0 Å². The summed E-state index contributed by atoms with van der Waals surface area (Å²) < 4.78 is 6.00. The van der Waals surface area contributed by atoms with E-state index in [0.717, 1.165) is 20.9 Å². The van der Waals surface area contributed by atoms with Crippen LogP contribution in [0.1, 0.15) is 11.1 Å². The molecule has 104 valence electrons. The first-order chi connectivity index (χ1) is 9.40. The summed E-state index contributed by atoms with van der Waals surface area (Å²) in [5.74, 6) is 1.34. The fourth-order valence-corrected chi connectivity index (χ4v) is 4.20. The molecule has 1 aliphatic rings. The Labute approximate surface area is 141 Å². The van der Waals surface area contributed by atoms with Crippen molar-refractivity contribution < 1.29 is 4.74 Å². The van der Waals surface area contributed by atoms with E-state index >= 15 is 0 Å². The predicted octanol–water partition coefficient (Wildman–Crippen LogP) is 7.17. The van der Waals surface area contributed by atoms with Gasteiger partial charge in [-0.25, -0.2) is 0 Å². The van der Waals surface area contributed by atoms with Gasteiger partial charge in [-0.1, -0.05) is 58.2 Å². The summed E-state index contributed by atoms with van der Waals surface area (Å²) in [6, 6.07) is 3.44. The van der Waals surface area contributed by atoms with Crippen molar-refractivity contribution in [2.45, 2.75) is 23.6 Å². The number of ether oxygens (including phenoxy) is 1. The largest absolute Gasteiger partial charge is 0.454 e. The maximum absolute atomic E-state index is 6.25. The van der Waals surface area contributed by atoms with E-state index in [1.165, 1.54) is 11.8 Å². The van der Waals surface area contributed by atoms with Crippen molar-refractivity contribution >= 4 is 58.2 Å². The highest BCUT2D eigenvalue weighted by atomic mass is 35.5. The van der Waals surface area contributed by atoms with Crippen LogP contribution in [0.3, 0.4) is 0 Å². The van der Waals surface area contributed by atoms with Gasteiger partial charge in [0, 0.05) is 21.2 Å². The summed E-state index contributed by atoms with van der Waals surface area (Å²) in [5, 5.41) is 2.25. The quantitative estimate of drug-likeness (QED) is 0.417. The van der Waals surface area contributed by atoms with Gasteiger partial charge in [-0.05, 0) is 26.0 Å². The van der Waals surface area contributed by atoms with Gasteiger partial charge in [0.05, 0.1) is 19.8 Å². The van der Waals surface area contributed by atoms with Crippen LogP contribution in [-0.2, 0) is 0 Å². The first-order valence-corrected chi connectivity index (χ1v) is 8.06. The Bertz CT molecular complexity index is 681. The van der Waals surface area contributed by atoms with E-state index in [1.54, 1.807) is 12.1 Å². The van der Waals surface area contributed by atoms with Crippen LogP contribution in [0.4, 0.5) is 0 Å². The molecule has 1 nitrogen and oxygen atoms in total. The second kappa shape index (κ2) is 5.19. The van der Waals surface area contributed by atoms with E-state index in [0.29, 0.717) is 31.6 Å². The van der Waals surface area contributed by atoms with Crippen molar-refractivity contribution in [1.82, 2.24) is 0 Å². The van der Waals surface area contributed by atoms with Crippen molar-refractivity contribution in [3.05, 3.63) is 43.4 Å². The standard InChI is InChI=1S/C14H8Cl4OS/c1-5-7(15)3-9(17)13-11(5)19-12-6(2)8(16)4-10(18)14(12)20-13/h3-4H,1-2H3. The molecule has 2 aromatic rings. The fraction of sp³-hybridized carbons (Fsp3) is 0.143. The van der Waals surface area contributed by atoms with E-state index in [4.69, 9.17) is 51.1 Å². The van der Waals surface area contributed by atoms with Crippen LogP contribution < -0.4 is 4.74 Å². The molecule has 0 saturated carbocycles. The first-order valence-electron chi connectivity index (χ1n) is 5.73. The molecule has 0 bridgehead atoms. The van der Waals surface area contributed by atoms with Crippen molar-refractivity contribution in [2.24, 2.45) is 0 Å². The zero-order chi connectivity index (χ0) is 14.6. The summed E-state index contributed by atoms with van der Waals surface area (Å²) in [6.45, 7) is 3.79. The molecular weight excluding hydrogens is 358 g/mol. The molecule has 0 unspecified atom stereocenters. The lowest BCUT2D eigenvalue weighted by Gasteiger charge is -2.25. The third-order valence-electron chi connectivity index (χ3n) is 3.16. The third-order valence-corrected chi connectivity index (χ3v) is 5.98. The Morgan fingerprint density at radius 1 is 0.750 bits per heavy atom. The van der Waals surface area contributed by atoms with E-state index in [2.05, 4.69) is 0 Å². The minimum Gasteiger partial charge on any atom is -0.454 e. The van der Waals surface area contributed by atoms with Crippen LogP contribution in [0.5, 0.6) is 11.5 Å². The van der Waals surface area contributed by atoms with E-state index in [1.807, 2.05) is 13.8 Å². The normalized spacial score (nSPS) is 12.7. The molecule has 0 aliphatic carbocycles. The summed E-state index contributed by atoms with van der Waals surface area (Å²) in [5.41, 5.74) is 1.69. The van der Waals surface area contributed by atoms with Crippen molar-refractivity contribution in [2.75, 3.05) is 0 Å². The minimum atomic E-state index is 0.551. The monoisotopic (exact) mass is 364 g/mol. The summed E-state index contributed by atoms with van der Waals surface area (Å²) in [6.07, 6.45) is 0. The zero-order valence-corrected chi connectivity index (χ0v) is 14.3. The van der Waals surface area contributed by atoms with Crippen molar-refractivity contribution in [3.8, 4) is 11.5 Å². The summed E-state index contributed by atoms with van der Waals surface area (Å²) in [4.78, 5) is 1.65. The zero-order valence-electron chi connectivity index (χ0n) is 10.5. The fourth-order valence-electron chi connectivity index (χ4n) is 1.98. The van der Waals surface area contributed by atoms with Gasteiger partial charge < -0.3 is 4.74 Å². The Morgan fingerprint density at radius 2 is 1.15 bits per heavy atom. The van der Waals surface area contributed by atoms with Crippen molar-refractivity contribution in [3.63, 3.8) is 0 Å². The lowest BCUT2D eigenvalue weighted by molar-refractivity contribution is 0.447. The maximum atomic E-state index is 6.25. The Kier molecular flexibility index (Phi) is 3.81. The molecule has 20 heavy (non-hydrogen) atoms. The van der Waals surface area contributed by atoms with Gasteiger partial charge in [0.2, 0.25) is 0 Å². The third kappa shape index (κ3) is 2.18. The molecule has 0 saturated heterocycles. The van der Waals surface area contributed by atoms with Gasteiger partial charge in [0.1, 0.15) is 11.5 Å². The average Bonchev–Trinajstić information content (AvgIpc) is 2.41. The molecule has 2 aromatic carbocycles. The van der Waals surface area contributed by atoms with Gasteiger partial charge in [0.15, 0.2) is 0 Å². The van der Waals surface area contributed by atoms with Crippen molar-refractivity contribution in [1.29, 1.82) is 0 Å². The van der Waals surface area contributed by atoms with E-state index < -0.39 is 0 Å². The molecular formula is C14H8Cl4OS. The van der Waals surface area contributed by atoms with Crippen LogP contribution in [0.2, 0.25) is 20.1 Å². The number of benzene rings is 2. The molecule has 0 amide bonds. The Hall–Kier alpha value is -0.250. The summed E-state index contributed by atoms with van der Waals surface area (Å²) >= 11 is 26.3. The van der Waals surface area contributed by atoms with E-state index in [9.17, 15) is 0 Å². The molecule has 0 fully saturated rings. The molecule has 1 aliphatic heterocycles. The number of halogens is 4. The predicted molar refractivity (Wildman–Crippen MR) is 86.6 cm³/mol. The SMILES string of the molecule is Cc1c(Cl)cc(Cl)c2c1Oc1c(C)c(Cl)cc(Cl)c1S2. The van der Waals surface area contributed by atoms with Crippen LogP contribution in [0.15, 0.2) is 21.9 Å². The molecule has 6 heteroatoms. The van der Waals surface area contributed by atoms with Crippen LogP contribution in [0, 0.1) is 13.8 Å². The molecule has 0 atom stereocenters. The average molecular weight is 366 g/mol. The molecule has 0 radical (unpaired) electrons. The first kappa shape index (κ1) is 14.7. The Balaban J connectivity index is 2.27. The number of fused-ring (bicyclic) bond motifs is 2. The lowest BCUT2D eigenvalue weighted by atomic mass is 10.2. The highest BCUT2D eigenvalue weighted by Gasteiger charge is 2.27. The molecule has 0 spiro atoms. The number of rotatable bonds is 0. The van der Waals surface area contributed by atoms with Gasteiger partial charge in [-0.15, -0.1) is 0 Å². The molecule has 0 aromatic heterocycles. The van der Waals surface area contributed by atoms with Crippen LogP contribution in [0.25, 0.3) is 0 Å². The Morgan fingerprint density at radius 3 is 1.55 bits per heavy atom. The smallest absolute Gasteiger partial charge is 0.147 e.